The van der Waals surface area contributed by atoms with Gasteiger partial charge in [-0.1, -0.05) is 6.07 Å². The van der Waals surface area contributed by atoms with Gasteiger partial charge in [-0.2, -0.15) is 0 Å². The number of carbonyl (C=O) groups excluding carboxylic acids is 2. The van der Waals surface area contributed by atoms with Crippen LogP contribution in [0.2, 0.25) is 0 Å². The van der Waals surface area contributed by atoms with Gasteiger partial charge in [-0.05, 0) is 24.1 Å². The van der Waals surface area contributed by atoms with Crippen molar-refractivity contribution in [2.24, 2.45) is 5.73 Å². The number of aryl methyl sites for hydroxylation is 1. The molecular weight excluding hydrogens is 236 g/mol. The second-order valence-corrected chi connectivity index (χ2v) is 4.25. The van der Waals surface area contributed by atoms with Crippen LogP contribution in [0.25, 0.3) is 0 Å². The van der Waals surface area contributed by atoms with Crippen LogP contribution in [0.15, 0.2) is 12.1 Å². The van der Waals surface area contributed by atoms with Gasteiger partial charge in [0.15, 0.2) is 0 Å². The van der Waals surface area contributed by atoms with E-state index in [9.17, 15) is 19.8 Å². The summed E-state index contributed by atoms with van der Waals surface area (Å²) in [5, 5.41) is 22.0. The zero-order valence-corrected chi connectivity index (χ0v) is 9.80. The normalized spacial score (nSPS) is 17.3. The van der Waals surface area contributed by atoms with Crippen molar-refractivity contribution in [3.05, 3.63) is 28.8 Å². The molecule has 0 bridgehead atoms. The van der Waals surface area contributed by atoms with Crippen LogP contribution in [0.3, 0.4) is 0 Å². The third-order valence-corrected chi connectivity index (χ3v) is 3.05. The predicted octanol–water partition coefficient (Wildman–Crippen LogP) is -0.517. The summed E-state index contributed by atoms with van der Waals surface area (Å²) in [5.74, 6) is -1.43. The maximum atomic E-state index is 11.7. The van der Waals surface area contributed by atoms with E-state index < -0.39 is 23.9 Å². The van der Waals surface area contributed by atoms with Gasteiger partial charge in [-0.25, -0.2) is 0 Å². The molecule has 0 aromatic heterocycles. The second kappa shape index (κ2) is 4.49. The van der Waals surface area contributed by atoms with Crippen molar-refractivity contribution in [1.82, 2.24) is 0 Å². The lowest BCUT2D eigenvalue weighted by Gasteiger charge is -2.20. The number of hydrogen-bond donors (Lipinski definition) is 4. The minimum Gasteiger partial charge on any atom is -0.389 e. The number of benzene rings is 1. The molecule has 2 rings (SSSR count). The Morgan fingerprint density at radius 1 is 1.33 bits per heavy atom. The maximum Gasteiger partial charge on any atom is 0.296 e. The van der Waals surface area contributed by atoms with Crippen LogP contribution in [0.4, 0.5) is 5.69 Å². The van der Waals surface area contributed by atoms with Gasteiger partial charge < -0.3 is 21.3 Å². The molecule has 0 aliphatic carbocycles. The molecule has 96 valence electrons. The number of carbonyl (C=O) groups is 2. The third-order valence-electron chi connectivity index (χ3n) is 3.05. The summed E-state index contributed by atoms with van der Waals surface area (Å²) in [6.45, 7) is 1.55. The molecule has 0 fully saturated rings. The standard InChI is InChI=1S/C12H14N2O4/c1-5-2-3-6-9(11(17)12(18)14-6)8(5)10(16)7(15)4-13/h2-3,7,10,15-16H,4,13H2,1H3,(H,14,17,18). The van der Waals surface area contributed by atoms with E-state index in [0.717, 1.165) is 0 Å². The van der Waals surface area contributed by atoms with Crippen molar-refractivity contribution in [2.75, 3.05) is 11.9 Å². The fraction of sp³-hybridized carbons (Fsp3) is 0.333. The molecule has 1 aliphatic rings. The van der Waals surface area contributed by atoms with Crippen LogP contribution in [0.1, 0.15) is 27.6 Å². The first-order chi connectivity index (χ1) is 8.47. The molecule has 1 amide bonds. The number of rotatable bonds is 3. The highest BCUT2D eigenvalue weighted by molar-refractivity contribution is 6.52. The summed E-state index contributed by atoms with van der Waals surface area (Å²) >= 11 is 0. The van der Waals surface area contributed by atoms with E-state index in [1.165, 1.54) is 0 Å². The summed E-state index contributed by atoms with van der Waals surface area (Å²) in [6, 6.07) is 3.26. The number of anilines is 1. The number of aliphatic hydroxyl groups excluding tert-OH is 2. The lowest BCUT2D eigenvalue weighted by atomic mass is 9.92. The molecule has 6 heteroatoms. The Balaban J connectivity index is 2.58. The van der Waals surface area contributed by atoms with Gasteiger partial charge in [0.1, 0.15) is 6.10 Å². The van der Waals surface area contributed by atoms with Crippen LogP contribution in [-0.2, 0) is 4.79 Å². The number of nitrogens with one attached hydrogen (secondary N) is 1. The Hall–Kier alpha value is -1.76. The van der Waals surface area contributed by atoms with Crippen LogP contribution in [0.5, 0.6) is 0 Å². The number of Topliss-reactive ketones (excluding diaryl/α,β-unsaturated/α-hetero) is 1. The molecule has 6 nitrogen and oxygen atoms in total. The monoisotopic (exact) mass is 250 g/mol. The van der Waals surface area contributed by atoms with E-state index in [1.54, 1.807) is 19.1 Å². The molecule has 5 N–H and O–H groups in total. The molecule has 0 saturated carbocycles. The minimum absolute atomic E-state index is 0.125. The highest BCUT2D eigenvalue weighted by atomic mass is 16.3. The molecule has 0 saturated heterocycles. The first kappa shape index (κ1) is 12.7. The fourth-order valence-corrected chi connectivity index (χ4v) is 2.07. The van der Waals surface area contributed by atoms with Gasteiger partial charge in [0.2, 0.25) is 0 Å². The lowest BCUT2D eigenvalue weighted by Crippen LogP contribution is -2.28. The zero-order valence-electron chi connectivity index (χ0n) is 9.80. The molecule has 18 heavy (non-hydrogen) atoms. The Labute approximate surface area is 103 Å². The van der Waals surface area contributed by atoms with Gasteiger partial charge in [-0.3, -0.25) is 9.59 Å². The zero-order chi connectivity index (χ0) is 13.4. The Morgan fingerprint density at radius 3 is 2.61 bits per heavy atom. The van der Waals surface area contributed by atoms with E-state index in [-0.39, 0.29) is 17.7 Å². The second-order valence-electron chi connectivity index (χ2n) is 4.25. The average Bonchev–Trinajstić information content (AvgIpc) is 2.64. The number of aliphatic hydroxyl groups is 2. The third kappa shape index (κ3) is 1.80. The summed E-state index contributed by atoms with van der Waals surface area (Å²) in [5.41, 5.74) is 6.65. The van der Waals surface area contributed by atoms with Crippen LogP contribution in [-0.4, -0.2) is 34.6 Å². The SMILES string of the molecule is Cc1ccc2c(c1C(O)C(O)CN)C(=O)C(=O)N2. The Morgan fingerprint density at radius 2 is 2.00 bits per heavy atom. The number of nitrogens with two attached hydrogens (primary N) is 1. The van der Waals surface area contributed by atoms with Crippen LogP contribution >= 0.6 is 0 Å². The molecule has 1 heterocycles. The first-order valence-electron chi connectivity index (χ1n) is 5.52. The summed E-state index contributed by atoms with van der Waals surface area (Å²) in [4.78, 5) is 23.1. The molecule has 1 aliphatic heterocycles. The summed E-state index contributed by atoms with van der Waals surface area (Å²) in [6.07, 6.45) is -2.47. The number of ketones is 1. The van der Waals surface area contributed by atoms with Crippen molar-refractivity contribution in [2.45, 2.75) is 19.1 Å². The molecule has 0 spiro atoms. The van der Waals surface area contributed by atoms with Gasteiger partial charge in [-0.15, -0.1) is 0 Å². The lowest BCUT2D eigenvalue weighted by molar-refractivity contribution is -0.112. The highest BCUT2D eigenvalue weighted by Crippen LogP contribution is 2.33. The predicted molar refractivity (Wildman–Crippen MR) is 64.2 cm³/mol. The minimum atomic E-state index is -1.29. The Bertz CT molecular complexity index is 527. The summed E-state index contributed by atoms with van der Waals surface area (Å²) < 4.78 is 0. The van der Waals surface area contributed by atoms with E-state index in [2.05, 4.69) is 5.32 Å². The molecule has 0 radical (unpaired) electrons. The van der Waals surface area contributed by atoms with Crippen LogP contribution < -0.4 is 11.1 Å². The fourth-order valence-electron chi connectivity index (χ4n) is 2.07. The van der Waals surface area contributed by atoms with E-state index in [1.807, 2.05) is 0 Å². The molecule has 2 unspecified atom stereocenters. The Kier molecular flexibility index (Phi) is 3.16. The number of amides is 1. The summed E-state index contributed by atoms with van der Waals surface area (Å²) in [7, 11) is 0. The largest absolute Gasteiger partial charge is 0.389 e. The first-order valence-corrected chi connectivity index (χ1v) is 5.52. The van der Waals surface area contributed by atoms with Gasteiger partial charge in [0.05, 0.1) is 17.4 Å². The van der Waals surface area contributed by atoms with E-state index >= 15 is 0 Å². The topological polar surface area (TPSA) is 113 Å². The number of fused-ring (bicyclic) bond motifs is 1. The maximum absolute atomic E-state index is 11.7. The van der Waals surface area contributed by atoms with Crippen molar-refractivity contribution in [1.29, 1.82) is 0 Å². The number of hydrogen-bond acceptors (Lipinski definition) is 5. The van der Waals surface area contributed by atoms with E-state index in [4.69, 9.17) is 5.73 Å². The molecule has 2 atom stereocenters. The quantitative estimate of drug-likeness (QED) is 0.539. The van der Waals surface area contributed by atoms with Crippen molar-refractivity contribution in [3.8, 4) is 0 Å². The molecule has 1 aromatic carbocycles. The van der Waals surface area contributed by atoms with Gasteiger partial charge in [0, 0.05) is 6.54 Å². The van der Waals surface area contributed by atoms with Crippen molar-refractivity contribution < 1.29 is 19.8 Å². The molecule has 1 aromatic rings. The van der Waals surface area contributed by atoms with Gasteiger partial charge in [0.25, 0.3) is 11.7 Å². The van der Waals surface area contributed by atoms with Crippen molar-refractivity contribution >= 4 is 17.4 Å². The van der Waals surface area contributed by atoms with Gasteiger partial charge >= 0.3 is 0 Å². The highest BCUT2D eigenvalue weighted by Gasteiger charge is 2.34. The van der Waals surface area contributed by atoms with Crippen molar-refractivity contribution in [3.63, 3.8) is 0 Å². The van der Waals surface area contributed by atoms with Crippen LogP contribution in [0, 0.1) is 6.92 Å². The smallest absolute Gasteiger partial charge is 0.296 e. The average molecular weight is 250 g/mol. The molecular formula is C12H14N2O4. The van der Waals surface area contributed by atoms with E-state index in [0.29, 0.717) is 11.3 Å².